The fourth-order valence-corrected chi connectivity index (χ4v) is 14.0. The Hall–Kier alpha value is -0.562. The summed E-state index contributed by atoms with van der Waals surface area (Å²) in [5.74, 6) is 0. The number of rotatable bonds is 1. The van der Waals surface area contributed by atoms with Gasteiger partial charge >= 0.3 is 116 Å². The summed E-state index contributed by atoms with van der Waals surface area (Å²) >= 11 is 2.21. The molecule has 17 heavy (non-hydrogen) atoms. The maximum atomic E-state index is 2.36. The van der Waals surface area contributed by atoms with E-state index in [1.807, 2.05) is 22.7 Å². The molecule has 0 radical (unpaired) electrons. The number of hydrogen-bond donors (Lipinski definition) is 0. The first-order valence-corrected chi connectivity index (χ1v) is 11.0. The molecule has 3 heterocycles. The molecular formula is C14H9S2Sb. The van der Waals surface area contributed by atoms with E-state index in [9.17, 15) is 0 Å². The molecular weight excluding hydrogens is 354 g/mol. The summed E-state index contributed by atoms with van der Waals surface area (Å²) in [5.41, 5.74) is 0. The molecule has 0 nitrogen and oxygen atoms in total. The van der Waals surface area contributed by atoms with E-state index < -0.39 is 20.2 Å². The number of hydrogen-bond acceptors (Lipinski definition) is 2. The molecule has 0 fully saturated rings. The molecule has 0 amide bonds. The van der Waals surface area contributed by atoms with Crippen molar-refractivity contribution in [1.82, 2.24) is 0 Å². The Balaban J connectivity index is 1.99. The van der Waals surface area contributed by atoms with Crippen molar-refractivity contribution in [2.75, 3.05) is 0 Å². The summed E-state index contributed by atoms with van der Waals surface area (Å²) < 4.78 is 4.93. The predicted molar refractivity (Wildman–Crippen MR) is 78.7 cm³/mol. The summed E-state index contributed by atoms with van der Waals surface area (Å²) in [5, 5.41) is 4.51. The van der Waals surface area contributed by atoms with Crippen LogP contribution in [0.5, 0.6) is 0 Å². The summed E-state index contributed by atoms with van der Waals surface area (Å²) in [6.45, 7) is 0. The van der Waals surface area contributed by atoms with E-state index in [1.54, 1.807) is 20.3 Å². The van der Waals surface area contributed by atoms with Crippen molar-refractivity contribution in [3.8, 4) is 9.75 Å². The van der Waals surface area contributed by atoms with Crippen LogP contribution >= 0.6 is 22.7 Å². The van der Waals surface area contributed by atoms with Gasteiger partial charge < -0.3 is 0 Å². The van der Waals surface area contributed by atoms with Crippen molar-refractivity contribution in [3.63, 3.8) is 0 Å². The second-order valence-corrected chi connectivity index (χ2v) is 11.9. The monoisotopic (exact) mass is 362 g/mol. The van der Waals surface area contributed by atoms with E-state index in [4.69, 9.17) is 0 Å². The van der Waals surface area contributed by atoms with Crippen LogP contribution in [-0.4, -0.2) is 20.2 Å². The molecule has 82 valence electrons. The molecule has 1 aromatic carbocycles. The summed E-state index contributed by atoms with van der Waals surface area (Å²) in [6, 6.07) is 15.8. The second-order valence-electron chi connectivity index (χ2n) is 3.94. The van der Waals surface area contributed by atoms with Gasteiger partial charge in [-0.3, -0.25) is 0 Å². The number of thiophene rings is 2. The van der Waals surface area contributed by atoms with Crippen LogP contribution in [0.1, 0.15) is 0 Å². The van der Waals surface area contributed by atoms with Gasteiger partial charge in [-0.1, -0.05) is 0 Å². The van der Waals surface area contributed by atoms with Crippen LogP contribution in [0.25, 0.3) is 9.75 Å². The van der Waals surface area contributed by atoms with E-state index in [1.165, 1.54) is 0 Å². The molecule has 3 aromatic rings. The third kappa shape index (κ3) is 1.48. The predicted octanol–water partition coefficient (Wildman–Crippen LogP) is 2.31. The molecule has 0 saturated carbocycles. The van der Waals surface area contributed by atoms with Crippen LogP contribution in [0.4, 0.5) is 0 Å². The number of fused-ring (bicyclic) bond motifs is 3. The first kappa shape index (κ1) is 10.4. The first-order chi connectivity index (χ1) is 8.45. The second kappa shape index (κ2) is 3.98. The minimum absolute atomic E-state index is 1.56. The van der Waals surface area contributed by atoms with Gasteiger partial charge in [-0.05, 0) is 0 Å². The van der Waals surface area contributed by atoms with Crippen molar-refractivity contribution < 1.29 is 0 Å². The van der Waals surface area contributed by atoms with E-state index in [0.717, 1.165) is 0 Å². The average molecular weight is 363 g/mol. The first-order valence-electron chi connectivity index (χ1n) is 5.46. The Bertz CT molecular complexity index is 626. The standard InChI is InChI=1S/C8H4S2.C6H5.Sb/c1-3-7(9-5-1)8-4-2-6-10-8;1-2-4-6-5-3-1;/h1-2,5-6H;1-5H;. The zero-order valence-corrected chi connectivity index (χ0v) is 13.1. The van der Waals surface area contributed by atoms with E-state index >= 15 is 0 Å². The molecule has 0 aliphatic carbocycles. The molecule has 0 spiro atoms. The van der Waals surface area contributed by atoms with Crippen LogP contribution in [0.3, 0.4) is 0 Å². The molecule has 1 aliphatic heterocycles. The van der Waals surface area contributed by atoms with Gasteiger partial charge in [0.2, 0.25) is 0 Å². The summed E-state index contributed by atoms with van der Waals surface area (Å²) in [4.78, 5) is 3.11. The van der Waals surface area contributed by atoms with Crippen molar-refractivity contribution in [3.05, 3.63) is 53.2 Å². The number of benzene rings is 1. The molecule has 0 unspecified atom stereocenters. The molecule has 4 rings (SSSR count). The quantitative estimate of drug-likeness (QED) is 0.456. The molecule has 3 heteroatoms. The van der Waals surface area contributed by atoms with Crippen LogP contribution in [-0.2, 0) is 0 Å². The van der Waals surface area contributed by atoms with Crippen molar-refractivity contribution in [2.45, 2.75) is 0 Å². The van der Waals surface area contributed by atoms with Gasteiger partial charge in [-0.15, -0.1) is 0 Å². The minimum atomic E-state index is -1.62. The molecule has 0 N–H and O–H groups in total. The van der Waals surface area contributed by atoms with Crippen molar-refractivity contribution >= 4 is 53.4 Å². The Morgan fingerprint density at radius 1 is 0.706 bits per heavy atom. The van der Waals surface area contributed by atoms with E-state index in [-0.39, 0.29) is 0 Å². The average Bonchev–Trinajstić information content (AvgIpc) is 3.01. The fourth-order valence-electron chi connectivity index (χ4n) is 2.28. The summed E-state index contributed by atoms with van der Waals surface area (Å²) in [6.07, 6.45) is 0. The molecule has 0 atom stereocenters. The fraction of sp³-hybridized carbons (Fsp3) is 0. The molecule has 1 aliphatic rings. The normalized spacial score (nSPS) is 13.6. The zero-order chi connectivity index (χ0) is 11.2. The topological polar surface area (TPSA) is 0 Å². The Morgan fingerprint density at radius 2 is 1.29 bits per heavy atom. The summed E-state index contributed by atoms with van der Waals surface area (Å²) in [7, 11) is 0. The van der Waals surface area contributed by atoms with E-state index in [2.05, 4.69) is 53.2 Å². The Labute approximate surface area is 116 Å². The zero-order valence-electron chi connectivity index (χ0n) is 8.96. The molecule has 2 aromatic heterocycles. The van der Waals surface area contributed by atoms with Crippen LogP contribution < -0.4 is 10.5 Å². The van der Waals surface area contributed by atoms with Gasteiger partial charge in [0.05, 0.1) is 0 Å². The van der Waals surface area contributed by atoms with E-state index in [0.29, 0.717) is 0 Å². The Morgan fingerprint density at radius 3 is 1.88 bits per heavy atom. The third-order valence-corrected chi connectivity index (χ3v) is 13.1. The van der Waals surface area contributed by atoms with Gasteiger partial charge in [0, 0.05) is 0 Å². The van der Waals surface area contributed by atoms with Gasteiger partial charge in [-0.25, -0.2) is 0 Å². The van der Waals surface area contributed by atoms with Crippen LogP contribution in [0, 0.1) is 0 Å². The van der Waals surface area contributed by atoms with Crippen molar-refractivity contribution in [2.24, 2.45) is 0 Å². The van der Waals surface area contributed by atoms with Crippen LogP contribution in [0.15, 0.2) is 53.2 Å². The van der Waals surface area contributed by atoms with Gasteiger partial charge in [0.15, 0.2) is 0 Å². The van der Waals surface area contributed by atoms with Crippen LogP contribution in [0.2, 0.25) is 0 Å². The maximum absolute atomic E-state index is 2.36. The van der Waals surface area contributed by atoms with Gasteiger partial charge in [-0.2, -0.15) is 0 Å². The Kier molecular flexibility index (Phi) is 2.43. The molecule has 0 bridgehead atoms. The van der Waals surface area contributed by atoms with Gasteiger partial charge in [0.1, 0.15) is 0 Å². The third-order valence-electron chi connectivity index (χ3n) is 2.99. The van der Waals surface area contributed by atoms with Crippen molar-refractivity contribution in [1.29, 1.82) is 0 Å². The van der Waals surface area contributed by atoms with Gasteiger partial charge in [0.25, 0.3) is 0 Å². The SMILES string of the molecule is c1cc[c]([Sb]2[c]3ccsc3-c3scc[c]32)cc1. The molecule has 0 saturated heterocycles.